The maximum atomic E-state index is 12.4. The number of nitrogens with one attached hydrogen (secondary N) is 1. The summed E-state index contributed by atoms with van der Waals surface area (Å²) in [5, 5.41) is 3.14. The third kappa shape index (κ3) is 3.70. The molecule has 0 aliphatic carbocycles. The number of hydrogen-bond donors (Lipinski definition) is 1. The van der Waals surface area contributed by atoms with Gasteiger partial charge < -0.3 is 5.32 Å². The van der Waals surface area contributed by atoms with Gasteiger partial charge in [-0.3, -0.25) is 4.98 Å². The van der Waals surface area contributed by atoms with Crippen LogP contribution in [0.2, 0.25) is 0 Å². The minimum absolute atomic E-state index is 0.549. The van der Waals surface area contributed by atoms with Gasteiger partial charge in [-0.15, -0.1) is 0 Å². The molecule has 18 heavy (non-hydrogen) atoms. The Kier molecular flexibility index (Phi) is 4.52. The summed E-state index contributed by atoms with van der Waals surface area (Å²) in [6.07, 6.45) is 3.44. The first-order chi connectivity index (χ1) is 8.75. The molecular formula is C13H12F2N2S. The van der Waals surface area contributed by atoms with Crippen molar-refractivity contribution in [3.05, 3.63) is 54.4 Å². The molecule has 5 heteroatoms. The van der Waals surface area contributed by atoms with Crippen LogP contribution >= 0.6 is 11.8 Å². The molecule has 1 heterocycles. The number of nitrogens with zero attached hydrogens (tertiary/aromatic N) is 1. The molecule has 94 valence electrons. The highest BCUT2D eigenvalue weighted by Crippen LogP contribution is 2.31. The predicted octanol–water partition coefficient (Wildman–Crippen LogP) is 4.01. The van der Waals surface area contributed by atoms with E-state index in [-0.39, 0.29) is 0 Å². The first-order valence-corrected chi connectivity index (χ1v) is 6.30. The Hall–Kier alpha value is -1.62. The van der Waals surface area contributed by atoms with Crippen molar-refractivity contribution in [2.24, 2.45) is 0 Å². The van der Waals surface area contributed by atoms with Gasteiger partial charge in [-0.2, -0.15) is 8.78 Å². The fourth-order valence-corrected chi connectivity index (χ4v) is 2.13. The lowest BCUT2D eigenvalue weighted by molar-refractivity contribution is 0.252. The highest BCUT2D eigenvalue weighted by atomic mass is 32.2. The lowest BCUT2D eigenvalue weighted by atomic mass is 10.2. The van der Waals surface area contributed by atoms with Gasteiger partial charge in [0.15, 0.2) is 0 Å². The molecule has 1 aromatic carbocycles. The second-order valence-corrected chi connectivity index (χ2v) is 4.62. The molecule has 1 N–H and O–H groups in total. The number of aromatic nitrogens is 1. The Balaban J connectivity index is 2.05. The number of benzene rings is 1. The number of pyridine rings is 1. The van der Waals surface area contributed by atoms with E-state index in [0.29, 0.717) is 28.9 Å². The fourth-order valence-electron chi connectivity index (χ4n) is 1.51. The van der Waals surface area contributed by atoms with Gasteiger partial charge in [-0.25, -0.2) is 0 Å². The summed E-state index contributed by atoms with van der Waals surface area (Å²) < 4.78 is 24.8. The van der Waals surface area contributed by atoms with E-state index in [1.54, 1.807) is 30.6 Å². The minimum atomic E-state index is -2.41. The smallest absolute Gasteiger partial charge is 0.288 e. The molecule has 0 bridgehead atoms. The van der Waals surface area contributed by atoms with Gasteiger partial charge in [-0.1, -0.05) is 30.0 Å². The highest BCUT2D eigenvalue weighted by Gasteiger charge is 2.09. The van der Waals surface area contributed by atoms with Crippen molar-refractivity contribution in [3.63, 3.8) is 0 Å². The summed E-state index contributed by atoms with van der Waals surface area (Å²) in [5.41, 5.74) is 1.72. The van der Waals surface area contributed by atoms with E-state index >= 15 is 0 Å². The van der Waals surface area contributed by atoms with E-state index in [1.165, 1.54) is 0 Å². The Morgan fingerprint density at radius 3 is 2.72 bits per heavy atom. The zero-order valence-corrected chi connectivity index (χ0v) is 10.3. The second-order valence-electron chi connectivity index (χ2n) is 3.59. The van der Waals surface area contributed by atoms with Crippen LogP contribution in [0.25, 0.3) is 0 Å². The van der Waals surface area contributed by atoms with Gasteiger partial charge in [0, 0.05) is 29.5 Å². The van der Waals surface area contributed by atoms with Gasteiger partial charge in [0.1, 0.15) is 0 Å². The van der Waals surface area contributed by atoms with Crippen molar-refractivity contribution in [2.75, 3.05) is 5.32 Å². The molecule has 0 fully saturated rings. The molecule has 2 rings (SSSR count). The fraction of sp³-hybridized carbons (Fsp3) is 0.154. The summed E-state index contributed by atoms with van der Waals surface area (Å²) >= 11 is 0.549. The molecule has 1 aromatic heterocycles. The Morgan fingerprint density at radius 1 is 1.17 bits per heavy atom. The number of halogens is 2. The molecule has 0 amide bonds. The molecule has 0 aliphatic heterocycles. The van der Waals surface area contributed by atoms with Crippen LogP contribution in [0.4, 0.5) is 14.5 Å². The maximum absolute atomic E-state index is 12.4. The van der Waals surface area contributed by atoms with Crippen LogP contribution in [0, 0.1) is 0 Å². The van der Waals surface area contributed by atoms with Crippen molar-refractivity contribution in [1.82, 2.24) is 4.98 Å². The number of rotatable bonds is 5. The van der Waals surface area contributed by atoms with Gasteiger partial charge in [0.25, 0.3) is 5.76 Å². The number of hydrogen-bond acceptors (Lipinski definition) is 3. The van der Waals surface area contributed by atoms with Crippen molar-refractivity contribution in [1.29, 1.82) is 0 Å². The minimum Gasteiger partial charge on any atom is -0.380 e. The number of alkyl halides is 2. The third-order valence-corrected chi connectivity index (χ3v) is 3.10. The van der Waals surface area contributed by atoms with Crippen molar-refractivity contribution in [2.45, 2.75) is 17.2 Å². The van der Waals surface area contributed by atoms with Crippen LogP contribution in [0.3, 0.4) is 0 Å². The first kappa shape index (κ1) is 12.8. The summed E-state index contributed by atoms with van der Waals surface area (Å²) in [5.74, 6) is -2.41. The SMILES string of the molecule is FC(F)Sc1ccccc1NCc1cccnc1. The van der Waals surface area contributed by atoms with Crippen LogP contribution in [0.15, 0.2) is 53.7 Å². The second kappa shape index (κ2) is 6.35. The molecule has 0 radical (unpaired) electrons. The number of anilines is 1. The molecule has 0 saturated heterocycles. The normalized spacial score (nSPS) is 10.6. The summed E-state index contributed by atoms with van der Waals surface area (Å²) in [6.45, 7) is 0.564. The molecule has 0 saturated carbocycles. The maximum Gasteiger partial charge on any atom is 0.288 e. The van der Waals surface area contributed by atoms with E-state index in [4.69, 9.17) is 0 Å². The van der Waals surface area contributed by atoms with Gasteiger partial charge in [0.05, 0.1) is 0 Å². The van der Waals surface area contributed by atoms with Crippen LogP contribution in [0.1, 0.15) is 5.56 Å². The zero-order chi connectivity index (χ0) is 12.8. The van der Waals surface area contributed by atoms with Gasteiger partial charge >= 0.3 is 0 Å². The average molecular weight is 266 g/mol. The van der Waals surface area contributed by atoms with Crippen molar-refractivity contribution >= 4 is 17.4 Å². The molecule has 0 unspecified atom stereocenters. The quantitative estimate of drug-likeness (QED) is 0.828. The Labute approximate surface area is 108 Å². The van der Waals surface area contributed by atoms with Gasteiger partial charge in [-0.05, 0) is 23.8 Å². The van der Waals surface area contributed by atoms with Crippen molar-refractivity contribution < 1.29 is 8.78 Å². The summed E-state index contributed by atoms with van der Waals surface area (Å²) in [4.78, 5) is 4.55. The Bertz CT molecular complexity index is 491. The standard InChI is InChI=1S/C13H12F2N2S/c14-13(15)18-12-6-2-1-5-11(12)17-9-10-4-3-7-16-8-10/h1-8,13,17H,9H2. The van der Waals surface area contributed by atoms with E-state index in [2.05, 4.69) is 10.3 Å². The summed E-state index contributed by atoms with van der Waals surface area (Å²) in [7, 11) is 0. The molecule has 0 aliphatic rings. The molecule has 0 spiro atoms. The highest BCUT2D eigenvalue weighted by molar-refractivity contribution is 7.99. The number of para-hydroxylation sites is 1. The van der Waals surface area contributed by atoms with E-state index in [1.807, 2.05) is 18.2 Å². The average Bonchev–Trinajstić information content (AvgIpc) is 2.38. The van der Waals surface area contributed by atoms with Crippen LogP contribution in [-0.2, 0) is 6.54 Å². The number of thioether (sulfide) groups is 1. The zero-order valence-electron chi connectivity index (χ0n) is 9.51. The van der Waals surface area contributed by atoms with Crippen molar-refractivity contribution in [3.8, 4) is 0 Å². The van der Waals surface area contributed by atoms with Gasteiger partial charge in [0.2, 0.25) is 0 Å². The lowest BCUT2D eigenvalue weighted by Crippen LogP contribution is -2.01. The Morgan fingerprint density at radius 2 is 2.00 bits per heavy atom. The van der Waals surface area contributed by atoms with E-state index in [0.717, 1.165) is 5.56 Å². The van der Waals surface area contributed by atoms with Crippen LogP contribution in [-0.4, -0.2) is 10.7 Å². The van der Waals surface area contributed by atoms with Crippen LogP contribution in [0.5, 0.6) is 0 Å². The lowest BCUT2D eigenvalue weighted by Gasteiger charge is -2.11. The summed E-state index contributed by atoms with van der Waals surface area (Å²) in [6, 6.07) is 10.8. The molecule has 0 atom stereocenters. The third-order valence-electron chi connectivity index (χ3n) is 2.31. The van der Waals surface area contributed by atoms with E-state index < -0.39 is 5.76 Å². The largest absolute Gasteiger partial charge is 0.380 e. The first-order valence-electron chi connectivity index (χ1n) is 5.42. The monoisotopic (exact) mass is 266 g/mol. The van der Waals surface area contributed by atoms with Crippen LogP contribution < -0.4 is 5.32 Å². The molecule has 2 nitrogen and oxygen atoms in total. The van der Waals surface area contributed by atoms with E-state index in [9.17, 15) is 8.78 Å². The molecule has 2 aromatic rings. The molecular weight excluding hydrogens is 254 g/mol. The topological polar surface area (TPSA) is 24.9 Å². The predicted molar refractivity (Wildman–Crippen MR) is 69.9 cm³/mol.